The molecule has 28 heavy (non-hydrogen) atoms. The molecule has 9 heteroatoms. The second-order valence-electron chi connectivity index (χ2n) is 6.79. The van der Waals surface area contributed by atoms with E-state index < -0.39 is 5.69 Å². The van der Waals surface area contributed by atoms with Crippen LogP contribution in [0.5, 0.6) is 0 Å². The van der Waals surface area contributed by atoms with Gasteiger partial charge in [0.25, 0.3) is 11.5 Å². The topological polar surface area (TPSA) is 67.6 Å². The number of aromatic nitrogens is 2. The third kappa shape index (κ3) is 3.12. The number of halogens is 1. The van der Waals surface area contributed by atoms with E-state index in [4.69, 9.17) is 11.6 Å². The van der Waals surface area contributed by atoms with Crippen molar-refractivity contribution >= 4 is 44.7 Å². The number of carbonyl (C=O) groups excluding carboxylic acids is 1. The Bertz CT molecular complexity index is 1190. The molecular formula is C19H19ClN4O3S. The number of hydrogen-bond donors (Lipinski definition) is 0. The highest BCUT2D eigenvalue weighted by Crippen LogP contribution is 2.25. The fraction of sp³-hybridized carbons (Fsp3) is 0.316. The maximum absolute atomic E-state index is 13.0. The van der Waals surface area contributed by atoms with Crippen LogP contribution < -0.4 is 16.1 Å². The van der Waals surface area contributed by atoms with Crippen LogP contribution in [0.2, 0.25) is 5.02 Å². The molecule has 0 N–H and O–H groups in total. The minimum atomic E-state index is -0.395. The number of fused-ring (bicyclic) bond motifs is 1. The molecule has 1 aliphatic rings. The number of aryl methyl sites for hydroxylation is 1. The highest BCUT2D eigenvalue weighted by Gasteiger charge is 2.25. The average molecular weight is 419 g/mol. The van der Waals surface area contributed by atoms with E-state index in [0.717, 1.165) is 10.3 Å². The van der Waals surface area contributed by atoms with Crippen LogP contribution in [0.25, 0.3) is 10.2 Å². The Hall–Kier alpha value is -2.58. The lowest BCUT2D eigenvalue weighted by molar-refractivity contribution is 0.0751. The maximum atomic E-state index is 13.0. The number of amides is 1. The Morgan fingerprint density at radius 2 is 1.75 bits per heavy atom. The van der Waals surface area contributed by atoms with Crippen LogP contribution in [0, 0.1) is 0 Å². The van der Waals surface area contributed by atoms with E-state index in [2.05, 4.69) is 4.90 Å². The summed E-state index contributed by atoms with van der Waals surface area (Å²) in [6.07, 6.45) is 0. The summed E-state index contributed by atoms with van der Waals surface area (Å²) >= 11 is 7.26. The molecule has 1 aliphatic heterocycles. The fourth-order valence-electron chi connectivity index (χ4n) is 3.46. The monoisotopic (exact) mass is 418 g/mol. The summed E-state index contributed by atoms with van der Waals surface area (Å²) in [5.74, 6) is -0.110. The minimum absolute atomic E-state index is 0.110. The van der Waals surface area contributed by atoms with Gasteiger partial charge in [-0.25, -0.2) is 4.79 Å². The predicted molar refractivity (Wildman–Crippen MR) is 112 cm³/mol. The van der Waals surface area contributed by atoms with Crippen LogP contribution >= 0.6 is 22.9 Å². The van der Waals surface area contributed by atoms with Gasteiger partial charge in [0, 0.05) is 51.0 Å². The van der Waals surface area contributed by atoms with Crippen LogP contribution in [-0.4, -0.2) is 46.1 Å². The van der Waals surface area contributed by atoms with E-state index in [0.29, 0.717) is 46.3 Å². The normalized spacial score (nSPS) is 14.7. The van der Waals surface area contributed by atoms with E-state index in [-0.39, 0.29) is 11.5 Å². The van der Waals surface area contributed by atoms with Crippen molar-refractivity contribution in [3.05, 3.63) is 61.1 Å². The number of anilines is 1. The molecule has 0 bridgehead atoms. The lowest BCUT2D eigenvalue weighted by Crippen LogP contribution is -2.48. The van der Waals surface area contributed by atoms with Crippen molar-refractivity contribution < 1.29 is 4.79 Å². The first kappa shape index (κ1) is 18.8. The van der Waals surface area contributed by atoms with E-state index >= 15 is 0 Å². The molecule has 0 unspecified atom stereocenters. The average Bonchev–Trinajstić information content (AvgIpc) is 3.16. The molecule has 4 rings (SSSR count). The maximum Gasteiger partial charge on any atom is 0.331 e. The van der Waals surface area contributed by atoms with Crippen LogP contribution in [0.15, 0.2) is 39.9 Å². The van der Waals surface area contributed by atoms with E-state index in [1.807, 2.05) is 24.3 Å². The van der Waals surface area contributed by atoms with Crippen molar-refractivity contribution in [3.8, 4) is 0 Å². The second-order valence-corrected chi connectivity index (χ2v) is 8.26. The van der Waals surface area contributed by atoms with E-state index in [9.17, 15) is 14.4 Å². The second kappa shape index (κ2) is 7.10. The van der Waals surface area contributed by atoms with Gasteiger partial charge in [-0.2, -0.15) is 0 Å². The predicted octanol–water partition coefficient (Wildman–Crippen LogP) is 1.91. The quantitative estimate of drug-likeness (QED) is 0.637. The van der Waals surface area contributed by atoms with Gasteiger partial charge in [0.15, 0.2) is 0 Å². The zero-order chi connectivity index (χ0) is 20.0. The first-order chi connectivity index (χ1) is 13.4. The third-order valence-electron chi connectivity index (χ3n) is 5.08. The first-order valence-corrected chi connectivity index (χ1v) is 10.1. The van der Waals surface area contributed by atoms with Gasteiger partial charge < -0.3 is 9.80 Å². The lowest BCUT2D eigenvalue weighted by atomic mass is 10.2. The van der Waals surface area contributed by atoms with Crippen molar-refractivity contribution in [1.29, 1.82) is 0 Å². The number of nitrogens with zero attached hydrogens (tertiary/aromatic N) is 4. The van der Waals surface area contributed by atoms with E-state index in [1.54, 1.807) is 18.0 Å². The number of piperazine rings is 1. The van der Waals surface area contributed by atoms with Crippen molar-refractivity contribution in [1.82, 2.24) is 14.0 Å². The SMILES string of the molecule is Cn1c(=O)c2cc(C(=O)N3CCN(c4cccc(Cl)c4)CC3)sc2n(C)c1=O. The molecule has 1 fully saturated rings. The molecule has 3 heterocycles. The van der Waals surface area contributed by atoms with Gasteiger partial charge >= 0.3 is 5.69 Å². The van der Waals surface area contributed by atoms with Crippen LogP contribution in [0.3, 0.4) is 0 Å². The molecule has 146 valence electrons. The molecule has 0 saturated carbocycles. The van der Waals surface area contributed by atoms with Gasteiger partial charge in [0.05, 0.1) is 10.3 Å². The zero-order valence-electron chi connectivity index (χ0n) is 15.5. The van der Waals surface area contributed by atoms with Gasteiger partial charge in [-0.1, -0.05) is 17.7 Å². The summed E-state index contributed by atoms with van der Waals surface area (Å²) in [7, 11) is 3.05. The number of thiophene rings is 1. The summed E-state index contributed by atoms with van der Waals surface area (Å²) in [5.41, 5.74) is 0.271. The summed E-state index contributed by atoms with van der Waals surface area (Å²) in [6, 6.07) is 9.28. The van der Waals surface area contributed by atoms with Gasteiger partial charge in [0.2, 0.25) is 0 Å². The summed E-state index contributed by atoms with van der Waals surface area (Å²) in [4.78, 5) is 42.4. The van der Waals surface area contributed by atoms with Crippen LogP contribution in [0.1, 0.15) is 9.67 Å². The Morgan fingerprint density at radius 3 is 2.43 bits per heavy atom. The highest BCUT2D eigenvalue weighted by atomic mass is 35.5. The Balaban J connectivity index is 1.56. The molecular weight excluding hydrogens is 400 g/mol. The number of hydrogen-bond acceptors (Lipinski definition) is 5. The lowest BCUT2D eigenvalue weighted by Gasteiger charge is -2.36. The number of benzene rings is 1. The first-order valence-electron chi connectivity index (χ1n) is 8.86. The number of carbonyl (C=O) groups is 1. The minimum Gasteiger partial charge on any atom is -0.368 e. The van der Waals surface area contributed by atoms with Gasteiger partial charge in [-0.05, 0) is 24.3 Å². The largest absolute Gasteiger partial charge is 0.368 e. The Kier molecular flexibility index (Phi) is 4.76. The molecule has 1 aromatic carbocycles. The molecule has 1 saturated heterocycles. The van der Waals surface area contributed by atoms with Gasteiger partial charge in [-0.15, -0.1) is 11.3 Å². The summed E-state index contributed by atoms with van der Waals surface area (Å²) < 4.78 is 2.47. The molecule has 0 aliphatic carbocycles. The third-order valence-corrected chi connectivity index (χ3v) is 6.51. The van der Waals surface area contributed by atoms with Gasteiger partial charge in [-0.3, -0.25) is 18.7 Å². The smallest absolute Gasteiger partial charge is 0.331 e. The molecule has 1 amide bonds. The Morgan fingerprint density at radius 1 is 1.04 bits per heavy atom. The Labute approximate surface area is 170 Å². The fourth-order valence-corrected chi connectivity index (χ4v) is 4.72. The molecule has 0 spiro atoms. The standard InChI is InChI=1S/C19H19ClN4O3S/c1-21-16(25)14-11-15(28-18(14)22(2)19(21)27)17(26)24-8-6-23(7-9-24)13-5-3-4-12(20)10-13/h3-5,10-11H,6-9H2,1-2H3. The highest BCUT2D eigenvalue weighted by molar-refractivity contribution is 7.20. The molecule has 0 radical (unpaired) electrons. The van der Waals surface area contributed by atoms with Crippen LogP contribution in [-0.2, 0) is 14.1 Å². The van der Waals surface area contributed by atoms with Crippen molar-refractivity contribution in [3.63, 3.8) is 0 Å². The molecule has 0 atom stereocenters. The van der Waals surface area contributed by atoms with Crippen molar-refractivity contribution in [2.75, 3.05) is 31.1 Å². The van der Waals surface area contributed by atoms with Crippen LogP contribution in [0.4, 0.5) is 5.69 Å². The number of rotatable bonds is 2. The zero-order valence-corrected chi connectivity index (χ0v) is 17.1. The summed E-state index contributed by atoms with van der Waals surface area (Å²) in [6.45, 7) is 2.57. The molecule has 3 aromatic rings. The summed E-state index contributed by atoms with van der Waals surface area (Å²) in [5, 5.41) is 1.09. The van der Waals surface area contributed by atoms with Crippen molar-refractivity contribution in [2.45, 2.75) is 0 Å². The molecule has 7 nitrogen and oxygen atoms in total. The van der Waals surface area contributed by atoms with Gasteiger partial charge in [0.1, 0.15) is 4.83 Å². The van der Waals surface area contributed by atoms with Crippen molar-refractivity contribution in [2.24, 2.45) is 14.1 Å². The molecule has 2 aromatic heterocycles. The van der Waals surface area contributed by atoms with E-state index in [1.165, 1.54) is 23.0 Å².